The van der Waals surface area contributed by atoms with Crippen molar-refractivity contribution in [1.82, 2.24) is 5.32 Å². The maximum atomic E-state index is 10.8. The molecule has 2 unspecified atom stereocenters. The normalized spacial score (nSPS) is 24.9. The van der Waals surface area contributed by atoms with Crippen LogP contribution in [0.4, 0.5) is 0 Å². The van der Waals surface area contributed by atoms with Gasteiger partial charge in [0.25, 0.3) is 0 Å². The number of fused-ring (bicyclic) bond motifs is 1. The summed E-state index contributed by atoms with van der Waals surface area (Å²) in [5, 5.41) is 14.3. The molecule has 1 aromatic rings. The third-order valence-electron chi connectivity index (χ3n) is 4.13. The summed E-state index contributed by atoms with van der Waals surface area (Å²) in [4.78, 5) is 0. The van der Waals surface area contributed by atoms with Crippen LogP contribution in [0.1, 0.15) is 52.1 Å². The van der Waals surface area contributed by atoms with E-state index in [1.165, 1.54) is 0 Å². The number of ether oxygens (including phenoxy) is 1. The molecule has 2 N–H and O–H groups in total. The molecular formula is C16H25NO2. The zero-order valence-corrected chi connectivity index (χ0v) is 12.3. The first-order chi connectivity index (χ1) is 9.04. The molecule has 1 aliphatic heterocycles. The fourth-order valence-electron chi connectivity index (χ4n) is 2.94. The Morgan fingerprint density at radius 1 is 1.26 bits per heavy atom. The average Bonchev–Trinajstić information content (AvgIpc) is 2.41. The van der Waals surface area contributed by atoms with Crippen LogP contribution >= 0.6 is 0 Å². The molecule has 106 valence electrons. The molecule has 3 nitrogen and oxygen atoms in total. The van der Waals surface area contributed by atoms with E-state index in [1.54, 1.807) is 0 Å². The lowest BCUT2D eigenvalue weighted by atomic mass is 9.80. The van der Waals surface area contributed by atoms with Crippen molar-refractivity contribution in [2.24, 2.45) is 0 Å². The molecule has 1 heterocycles. The Hall–Kier alpha value is -1.06. The largest absolute Gasteiger partial charge is 0.484 e. The Morgan fingerprint density at radius 3 is 2.47 bits per heavy atom. The number of benzene rings is 1. The summed E-state index contributed by atoms with van der Waals surface area (Å²) in [7, 11) is 0. The van der Waals surface area contributed by atoms with Crippen molar-refractivity contribution in [3.05, 3.63) is 29.8 Å². The van der Waals surface area contributed by atoms with Gasteiger partial charge in [0.05, 0.1) is 6.04 Å². The zero-order valence-electron chi connectivity index (χ0n) is 12.3. The van der Waals surface area contributed by atoms with Crippen LogP contribution in [0.15, 0.2) is 24.3 Å². The second-order valence-corrected chi connectivity index (χ2v) is 5.66. The van der Waals surface area contributed by atoms with Gasteiger partial charge in [-0.15, -0.1) is 0 Å². The summed E-state index contributed by atoms with van der Waals surface area (Å²) < 4.78 is 6.15. The lowest BCUT2D eigenvalue weighted by Gasteiger charge is -2.46. The predicted molar refractivity (Wildman–Crippen MR) is 77.4 cm³/mol. The van der Waals surface area contributed by atoms with Gasteiger partial charge in [0, 0.05) is 11.6 Å². The van der Waals surface area contributed by atoms with Gasteiger partial charge in [-0.25, -0.2) is 0 Å². The number of aliphatic hydroxyl groups excluding tert-OH is 1. The van der Waals surface area contributed by atoms with Gasteiger partial charge >= 0.3 is 0 Å². The van der Waals surface area contributed by atoms with Crippen LogP contribution in [0, 0.1) is 0 Å². The maximum absolute atomic E-state index is 10.8. The second-order valence-electron chi connectivity index (χ2n) is 5.66. The lowest BCUT2D eigenvalue weighted by molar-refractivity contribution is -0.0932. The fourth-order valence-corrected chi connectivity index (χ4v) is 2.94. The minimum Gasteiger partial charge on any atom is -0.484 e. The van der Waals surface area contributed by atoms with E-state index in [4.69, 9.17) is 4.74 Å². The van der Waals surface area contributed by atoms with Crippen molar-refractivity contribution in [2.75, 3.05) is 0 Å². The summed E-state index contributed by atoms with van der Waals surface area (Å²) >= 11 is 0. The van der Waals surface area contributed by atoms with E-state index >= 15 is 0 Å². The highest BCUT2D eigenvalue weighted by Gasteiger charge is 2.46. The van der Waals surface area contributed by atoms with Crippen LogP contribution in [0.3, 0.4) is 0 Å². The quantitative estimate of drug-likeness (QED) is 0.877. The summed E-state index contributed by atoms with van der Waals surface area (Å²) in [5.41, 5.74) is 0.571. The van der Waals surface area contributed by atoms with Gasteiger partial charge in [-0.3, -0.25) is 0 Å². The summed E-state index contributed by atoms with van der Waals surface area (Å²) in [6, 6.07) is 8.26. The van der Waals surface area contributed by atoms with Gasteiger partial charge in [-0.1, -0.05) is 45.9 Å². The molecule has 0 saturated heterocycles. The third kappa shape index (κ3) is 2.49. The van der Waals surface area contributed by atoms with Crippen molar-refractivity contribution in [3.8, 4) is 5.75 Å². The number of aliphatic hydroxyl groups is 1. The van der Waals surface area contributed by atoms with Crippen LogP contribution in [-0.4, -0.2) is 22.9 Å². The molecule has 0 bridgehead atoms. The smallest absolute Gasteiger partial charge is 0.136 e. The molecule has 0 spiro atoms. The van der Waals surface area contributed by atoms with E-state index < -0.39 is 11.7 Å². The highest BCUT2D eigenvalue weighted by molar-refractivity contribution is 5.40. The first-order valence-electron chi connectivity index (χ1n) is 7.26. The Morgan fingerprint density at radius 2 is 1.89 bits per heavy atom. The first-order valence-corrected chi connectivity index (χ1v) is 7.26. The van der Waals surface area contributed by atoms with Crippen LogP contribution in [-0.2, 0) is 0 Å². The monoisotopic (exact) mass is 263 g/mol. The van der Waals surface area contributed by atoms with Gasteiger partial charge in [-0.2, -0.15) is 0 Å². The molecule has 1 aromatic carbocycles. The number of hydrogen-bond acceptors (Lipinski definition) is 3. The lowest BCUT2D eigenvalue weighted by Crippen LogP contribution is -2.56. The average molecular weight is 263 g/mol. The molecule has 0 radical (unpaired) electrons. The minimum absolute atomic E-state index is 0.0650. The molecule has 2 rings (SSSR count). The fraction of sp³-hybridized carbons (Fsp3) is 0.625. The highest BCUT2D eigenvalue weighted by atomic mass is 16.5. The molecule has 2 atom stereocenters. The van der Waals surface area contributed by atoms with Gasteiger partial charge in [0.15, 0.2) is 0 Å². The van der Waals surface area contributed by atoms with Crippen LogP contribution in [0.25, 0.3) is 0 Å². The Balaban J connectivity index is 2.45. The van der Waals surface area contributed by atoms with E-state index in [0.717, 1.165) is 24.2 Å². The van der Waals surface area contributed by atoms with E-state index in [2.05, 4.69) is 33.0 Å². The van der Waals surface area contributed by atoms with Gasteiger partial charge in [0.1, 0.15) is 17.5 Å². The van der Waals surface area contributed by atoms with Crippen molar-refractivity contribution in [2.45, 2.75) is 64.3 Å². The van der Waals surface area contributed by atoms with E-state index in [-0.39, 0.29) is 6.04 Å². The molecule has 0 saturated carbocycles. The van der Waals surface area contributed by atoms with Crippen LogP contribution in [0.2, 0.25) is 0 Å². The van der Waals surface area contributed by atoms with E-state index in [9.17, 15) is 5.11 Å². The molecular weight excluding hydrogens is 238 g/mol. The molecule has 0 aromatic heterocycles. The van der Waals surface area contributed by atoms with E-state index in [0.29, 0.717) is 6.04 Å². The molecule has 0 fully saturated rings. The second kappa shape index (κ2) is 5.51. The van der Waals surface area contributed by atoms with Gasteiger partial charge < -0.3 is 15.2 Å². The predicted octanol–water partition coefficient (Wildman–Crippen LogP) is 3.04. The first kappa shape index (κ1) is 14.4. The highest BCUT2D eigenvalue weighted by Crippen LogP contribution is 2.42. The number of rotatable bonds is 4. The minimum atomic E-state index is -0.528. The van der Waals surface area contributed by atoms with Crippen molar-refractivity contribution < 1.29 is 9.84 Å². The van der Waals surface area contributed by atoms with Crippen molar-refractivity contribution in [1.29, 1.82) is 0 Å². The third-order valence-corrected chi connectivity index (χ3v) is 4.13. The molecule has 3 heteroatoms. The van der Waals surface area contributed by atoms with E-state index in [1.807, 2.05) is 24.3 Å². The Bertz CT molecular complexity index is 427. The van der Waals surface area contributed by atoms with Crippen LogP contribution < -0.4 is 10.1 Å². The molecule has 1 aliphatic rings. The molecule has 19 heavy (non-hydrogen) atoms. The Labute approximate surface area is 116 Å². The summed E-state index contributed by atoms with van der Waals surface area (Å²) in [5.74, 6) is 0.898. The molecule has 0 aliphatic carbocycles. The van der Waals surface area contributed by atoms with Gasteiger partial charge in [-0.05, 0) is 18.9 Å². The van der Waals surface area contributed by atoms with Crippen molar-refractivity contribution in [3.63, 3.8) is 0 Å². The standard InChI is InChI=1S/C16H25NO2/c1-5-16(6-2)15(18)14(17-11(3)4)12-9-7-8-10-13(12)19-16/h7-11,14-15,17-18H,5-6H2,1-4H3. The van der Waals surface area contributed by atoms with Crippen LogP contribution in [0.5, 0.6) is 5.75 Å². The maximum Gasteiger partial charge on any atom is 0.136 e. The van der Waals surface area contributed by atoms with Crippen molar-refractivity contribution >= 4 is 0 Å². The Kier molecular flexibility index (Phi) is 4.16. The topological polar surface area (TPSA) is 41.5 Å². The summed E-state index contributed by atoms with van der Waals surface area (Å²) in [6.07, 6.45) is 1.07. The summed E-state index contributed by atoms with van der Waals surface area (Å²) in [6.45, 7) is 8.36. The number of nitrogens with one attached hydrogen (secondary N) is 1. The number of hydrogen-bond donors (Lipinski definition) is 2. The van der Waals surface area contributed by atoms with Gasteiger partial charge in [0.2, 0.25) is 0 Å². The number of para-hydroxylation sites is 1. The SMILES string of the molecule is CCC1(CC)Oc2ccccc2C(NC(C)C)C1O. The zero-order chi connectivity index (χ0) is 14.0. The molecule has 0 amide bonds.